The van der Waals surface area contributed by atoms with Crippen molar-refractivity contribution in [2.45, 2.75) is 20.5 Å². The molecule has 0 fully saturated rings. The maximum absolute atomic E-state index is 13.1. The van der Waals surface area contributed by atoms with E-state index < -0.39 is 0 Å². The van der Waals surface area contributed by atoms with E-state index >= 15 is 0 Å². The third-order valence-corrected chi connectivity index (χ3v) is 8.04. The molecule has 4 nitrogen and oxygen atoms in total. The Morgan fingerprint density at radius 3 is 2.61 bits per heavy atom. The van der Waals surface area contributed by atoms with Gasteiger partial charge in [-0.2, -0.15) is 0 Å². The van der Waals surface area contributed by atoms with Crippen molar-refractivity contribution in [2.24, 2.45) is 0 Å². The zero-order valence-corrected chi connectivity index (χ0v) is 22.1. The van der Waals surface area contributed by atoms with Crippen molar-refractivity contribution >= 4 is 79.2 Å². The molecule has 166 valence electrons. The van der Waals surface area contributed by atoms with Crippen LogP contribution in [0.2, 0.25) is 10.0 Å². The Morgan fingerprint density at radius 2 is 1.85 bits per heavy atom. The predicted molar refractivity (Wildman–Crippen MR) is 145 cm³/mol. The van der Waals surface area contributed by atoms with Crippen LogP contribution in [0.4, 0.5) is 0 Å². The molecule has 0 N–H and O–H groups in total. The van der Waals surface area contributed by atoms with Gasteiger partial charge in [0.15, 0.2) is 4.96 Å². The number of hydrogen-bond donors (Lipinski definition) is 0. The summed E-state index contributed by atoms with van der Waals surface area (Å²) in [6.07, 6.45) is 1.90. The van der Waals surface area contributed by atoms with Gasteiger partial charge in [-0.25, -0.2) is 9.38 Å². The topological polar surface area (TPSA) is 43.6 Å². The van der Waals surface area contributed by atoms with Crippen molar-refractivity contribution in [1.82, 2.24) is 9.38 Å². The smallest absolute Gasteiger partial charge is 0.274 e. The molecule has 0 aliphatic rings. The van der Waals surface area contributed by atoms with Gasteiger partial charge in [-0.15, -0.1) is 0 Å². The Hall–Kier alpha value is -2.13. The monoisotopic (exact) mass is 606 g/mol. The zero-order chi connectivity index (χ0) is 23.3. The van der Waals surface area contributed by atoms with Crippen LogP contribution in [0.1, 0.15) is 22.3 Å². The van der Waals surface area contributed by atoms with E-state index in [1.165, 1.54) is 16.9 Å². The van der Waals surface area contributed by atoms with Gasteiger partial charge in [0.05, 0.1) is 29.2 Å². The number of halogens is 3. The highest BCUT2D eigenvalue weighted by atomic mass is 127. The molecule has 2 aromatic heterocycles. The fourth-order valence-corrected chi connectivity index (χ4v) is 5.59. The second-order valence-corrected chi connectivity index (χ2v) is 10.8. The molecule has 3 aromatic carbocycles. The number of aromatic nitrogens is 2. The van der Waals surface area contributed by atoms with Crippen molar-refractivity contribution in [3.05, 3.63) is 99.3 Å². The summed E-state index contributed by atoms with van der Waals surface area (Å²) in [5.74, 6) is 0.763. The Balaban J connectivity index is 1.45. The van der Waals surface area contributed by atoms with Crippen LogP contribution in [0, 0.1) is 17.4 Å². The molecule has 5 rings (SSSR count). The van der Waals surface area contributed by atoms with Crippen molar-refractivity contribution in [1.29, 1.82) is 0 Å². The lowest BCUT2D eigenvalue weighted by Gasteiger charge is -2.09. The Labute approximate surface area is 217 Å². The zero-order valence-electron chi connectivity index (χ0n) is 17.7. The van der Waals surface area contributed by atoms with Crippen LogP contribution in [0.15, 0.2) is 53.3 Å². The van der Waals surface area contributed by atoms with Gasteiger partial charge >= 0.3 is 0 Å². The highest BCUT2D eigenvalue weighted by molar-refractivity contribution is 14.1. The van der Waals surface area contributed by atoms with Gasteiger partial charge in [0, 0.05) is 0 Å². The first-order chi connectivity index (χ1) is 15.8. The third kappa shape index (κ3) is 4.37. The van der Waals surface area contributed by atoms with Crippen LogP contribution < -0.4 is 14.8 Å². The van der Waals surface area contributed by atoms with Crippen LogP contribution >= 0.6 is 57.1 Å². The summed E-state index contributed by atoms with van der Waals surface area (Å²) in [7, 11) is 0. The molecule has 0 bridgehead atoms. The van der Waals surface area contributed by atoms with E-state index in [1.54, 1.807) is 16.5 Å². The quantitative estimate of drug-likeness (QED) is 0.218. The van der Waals surface area contributed by atoms with Gasteiger partial charge in [-0.1, -0.05) is 46.7 Å². The standard InChI is InChI=1S/C25H17Cl2IN2O2S/c1-13-7-20-21(8-14(13)2)30-24(31)23(33-25(30)29-20)11-15-4-6-22(19(28)10-15)32-12-16-3-5-17(26)18(27)9-16/h3-11H,12H2,1-2H3/b23-11-. The van der Waals surface area contributed by atoms with Gasteiger partial charge < -0.3 is 4.74 Å². The first kappa shape index (κ1) is 22.7. The molecule has 0 atom stereocenters. The lowest BCUT2D eigenvalue weighted by molar-refractivity contribution is 0.304. The minimum Gasteiger partial charge on any atom is -0.488 e. The lowest BCUT2D eigenvalue weighted by Crippen LogP contribution is -2.22. The van der Waals surface area contributed by atoms with Crippen molar-refractivity contribution in [3.8, 4) is 5.75 Å². The largest absolute Gasteiger partial charge is 0.488 e. The summed E-state index contributed by atoms with van der Waals surface area (Å²) in [6.45, 7) is 4.49. The van der Waals surface area contributed by atoms with Crippen molar-refractivity contribution in [2.75, 3.05) is 0 Å². The van der Waals surface area contributed by atoms with E-state index in [-0.39, 0.29) is 5.56 Å². The van der Waals surface area contributed by atoms with Gasteiger partial charge in [0.25, 0.3) is 5.56 Å². The molecule has 0 aliphatic carbocycles. The number of nitrogens with zero attached hydrogens (tertiary/aromatic N) is 2. The maximum atomic E-state index is 13.1. The molecule has 0 amide bonds. The van der Waals surface area contributed by atoms with Crippen molar-refractivity contribution in [3.63, 3.8) is 0 Å². The number of imidazole rings is 1. The van der Waals surface area contributed by atoms with Crippen molar-refractivity contribution < 1.29 is 4.74 Å². The first-order valence-corrected chi connectivity index (χ1v) is 12.8. The van der Waals surface area contributed by atoms with E-state index in [9.17, 15) is 4.79 Å². The number of hydrogen-bond acceptors (Lipinski definition) is 4. The van der Waals surface area contributed by atoms with Crippen LogP contribution in [-0.4, -0.2) is 9.38 Å². The Morgan fingerprint density at radius 1 is 1.06 bits per heavy atom. The van der Waals surface area contributed by atoms with E-state index in [4.69, 9.17) is 27.9 Å². The summed E-state index contributed by atoms with van der Waals surface area (Å²) in [6, 6.07) is 15.4. The molecule has 8 heteroatoms. The molecule has 5 aromatic rings. The second kappa shape index (κ2) is 8.91. The molecule has 2 heterocycles. The molecule has 0 aliphatic heterocycles. The number of aryl methyl sites for hydroxylation is 2. The Kier molecular flexibility index (Phi) is 6.11. The third-order valence-electron chi connectivity index (χ3n) is 5.49. The SMILES string of the molecule is Cc1cc2nc3s/c(=C\c4ccc(OCc5ccc(Cl)c(Cl)c5)c(I)c4)c(=O)n3c2cc1C. The number of fused-ring (bicyclic) bond motifs is 3. The first-order valence-electron chi connectivity index (χ1n) is 10.1. The van der Waals surface area contributed by atoms with E-state index in [0.29, 0.717) is 26.1 Å². The van der Waals surface area contributed by atoms with Gasteiger partial charge in [-0.3, -0.25) is 4.79 Å². The molecule has 0 unspecified atom stereocenters. The Bertz CT molecular complexity index is 1660. The van der Waals surface area contributed by atoms with Crippen LogP contribution in [-0.2, 0) is 6.61 Å². The fourth-order valence-electron chi connectivity index (χ4n) is 3.58. The molecule has 0 spiro atoms. The normalized spacial score (nSPS) is 12.2. The van der Waals surface area contributed by atoms with Gasteiger partial charge in [0.1, 0.15) is 12.4 Å². The van der Waals surface area contributed by atoms with E-state index in [1.807, 2.05) is 49.4 Å². The summed E-state index contributed by atoms with van der Waals surface area (Å²) in [5, 5.41) is 1.03. The van der Waals surface area contributed by atoms with Crippen LogP contribution in [0.5, 0.6) is 5.75 Å². The number of ether oxygens (including phenoxy) is 1. The van der Waals surface area contributed by atoms with E-state index in [2.05, 4.69) is 34.5 Å². The summed E-state index contributed by atoms with van der Waals surface area (Å²) >= 11 is 15.7. The van der Waals surface area contributed by atoms with E-state index in [0.717, 1.165) is 37.0 Å². The summed E-state index contributed by atoms with van der Waals surface area (Å²) in [5.41, 5.74) is 5.84. The predicted octanol–water partition coefficient (Wildman–Crippen LogP) is 6.56. The number of thiazole rings is 1. The minimum atomic E-state index is -0.0456. The molecule has 0 saturated heterocycles. The average molecular weight is 607 g/mol. The molecule has 33 heavy (non-hydrogen) atoms. The molecule has 0 radical (unpaired) electrons. The van der Waals surface area contributed by atoms with Gasteiger partial charge in [0.2, 0.25) is 0 Å². The lowest BCUT2D eigenvalue weighted by atomic mass is 10.1. The number of benzene rings is 3. The summed E-state index contributed by atoms with van der Waals surface area (Å²) in [4.78, 5) is 18.5. The molecule has 0 saturated carbocycles. The van der Waals surface area contributed by atoms with Crippen LogP contribution in [0.25, 0.3) is 22.1 Å². The second-order valence-electron chi connectivity index (χ2n) is 7.80. The summed E-state index contributed by atoms with van der Waals surface area (Å²) < 4.78 is 9.26. The highest BCUT2D eigenvalue weighted by Crippen LogP contribution is 2.26. The van der Waals surface area contributed by atoms with Gasteiger partial charge in [-0.05, 0) is 101 Å². The number of rotatable bonds is 4. The average Bonchev–Trinajstić information content (AvgIpc) is 3.26. The highest BCUT2D eigenvalue weighted by Gasteiger charge is 2.12. The molecular weight excluding hydrogens is 590 g/mol. The minimum absolute atomic E-state index is 0.0456. The molecular formula is C25H17Cl2IN2O2S. The maximum Gasteiger partial charge on any atom is 0.274 e. The van der Waals surface area contributed by atoms with Crippen LogP contribution in [0.3, 0.4) is 0 Å². The fraction of sp³-hybridized carbons (Fsp3) is 0.120.